The summed E-state index contributed by atoms with van der Waals surface area (Å²) in [5.74, 6) is 8.04. The molecule has 0 saturated heterocycles. The highest BCUT2D eigenvalue weighted by molar-refractivity contribution is 6.00. The fourth-order valence-electron chi connectivity index (χ4n) is 8.84. The highest BCUT2D eigenvalue weighted by atomic mass is 15.1. The van der Waals surface area contributed by atoms with Crippen molar-refractivity contribution in [2.75, 3.05) is 27.2 Å². The lowest BCUT2D eigenvalue weighted by atomic mass is 9.85. The van der Waals surface area contributed by atoms with Gasteiger partial charge >= 0.3 is 0 Å². The van der Waals surface area contributed by atoms with Gasteiger partial charge < -0.3 is 11.5 Å². The van der Waals surface area contributed by atoms with Crippen molar-refractivity contribution in [1.82, 2.24) is 9.80 Å². The first-order valence-corrected chi connectivity index (χ1v) is 20.5. The average molecular weight is 765 g/mol. The van der Waals surface area contributed by atoms with Crippen LogP contribution in [0.4, 0.5) is 0 Å². The van der Waals surface area contributed by atoms with Crippen LogP contribution in [-0.2, 0) is 12.8 Å². The Morgan fingerprint density at radius 3 is 1.52 bits per heavy atom. The Bertz CT molecular complexity index is 2600. The molecule has 2 aliphatic heterocycles. The van der Waals surface area contributed by atoms with Gasteiger partial charge in [-0.25, -0.2) is 0 Å². The Morgan fingerprint density at radius 1 is 0.552 bits per heavy atom. The summed E-state index contributed by atoms with van der Waals surface area (Å²) in [5, 5.41) is 19.6. The molecule has 2 heterocycles. The summed E-state index contributed by atoms with van der Waals surface area (Å²) in [6.07, 6.45) is 6.62. The average Bonchev–Trinajstić information content (AvgIpc) is 3.21. The van der Waals surface area contributed by atoms with E-state index in [2.05, 4.69) is 136 Å². The van der Waals surface area contributed by atoms with Crippen molar-refractivity contribution >= 4 is 45.4 Å². The van der Waals surface area contributed by atoms with E-state index in [4.69, 9.17) is 22.3 Å². The molecule has 294 valence electrons. The fourth-order valence-corrected chi connectivity index (χ4v) is 8.84. The number of nitrogens with two attached hydrogens (primary N) is 2. The zero-order valence-corrected chi connectivity index (χ0v) is 34.7. The van der Waals surface area contributed by atoms with Gasteiger partial charge in [-0.3, -0.25) is 20.6 Å². The number of hydrogen-bond donors (Lipinski definition) is 4. The second kappa shape index (κ2) is 17.2. The van der Waals surface area contributed by atoms with Crippen molar-refractivity contribution in [1.29, 1.82) is 10.8 Å². The number of nitrogen functional groups attached to an aromatic ring is 2. The molecule has 2 unspecified atom stereocenters. The molecule has 6 N–H and O–H groups in total. The van der Waals surface area contributed by atoms with Crippen LogP contribution in [0.25, 0.3) is 33.7 Å². The molecule has 0 radical (unpaired) electrons. The monoisotopic (exact) mass is 764 g/mol. The van der Waals surface area contributed by atoms with Crippen molar-refractivity contribution in [2.45, 2.75) is 52.6 Å². The number of benzene rings is 6. The number of hydrogen-bond acceptors (Lipinski definition) is 4. The molecule has 0 fully saturated rings. The second-order valence-electron chi connectivity index (χ2n) is 16.7. The fraction of sp³-hybridized carbons (Fsp3) is 0.269. The van der Waals surface area contributed by atoms with Gasteiger partial charge in [-0.15, -0.1) is 0 Å². The smallest absolute Gasteiger partial charge is 0.122 e. The summed E-state index contributed by atoms with van der Waals surface area (Å²) >= 11 is 0. The lowest BCUT2D eigenvalue weighted by molar-refractivity contribution is 0.181. The molecule has 2 atom stereocenters. The van der Waals surface area contributed by atoms with Gasteiger partial charge in [-0.05, 0) is 142 Å². The number of amidine groups is 2. The summed E-state index contributed by atoms with van der Waals surface area (Å²) < 4.78 is 0. The summed E-state index contributed by atoms with van der Waals surface area (Å²) in [6.45, 7) is 11.5. The molecule has 0 aromatic heterocycles. The van der Waals surface area contributed by atoms with E-state index >= 15 is 0 Å². The third-order valence-corrected chi connectivity index (χ3v) is 11.8. The van der Waals surface area contributed by atoms with E-state index < -0.39 is 0 Å². The van der Waals surface area contributed by atoms with Crippen molar-refractivity contribution in [3.63, 3.8) is 0 Å². The third-order valence-electron chi connectivity index (χ3n) is 11.8. The normalized spacial score (nSPS) is 16.8. The number of likely N-dealkylation sites (N-methyl/N-ethyl adjacent to an activating group) is 2. The first-order valence-electron chi connectivity index (χ1n) is 20.5. The maximum atomic E-state index is 7.60. The van der Waals surface area contributed by atoms with Gasteiger partial charge in [0.05, 0.1) is 0 Å². The maximum Gasteiger partial charge on any atom is 0.122 e. The van der Waals surface area contributed by atoms with Crippen molar-refractivity contribution in [2.24, 2.45) is 23.3 Å². The van der Waals surface area contributed by atoms with Crippen LogP contribution >= 0.6 is 0 Å². The molecule has 6 aromatic rings. The van der Waals surface area contributed by atoms with Crippen LogP contribution in [0.15, 0.2) is 109 Å². The van der Waals surface area contributed by atoms with Gasteiger partial charge in [-0.1, -0.05) is 112 Å². The van der Waals surface area contributed by atoms with Gasteiger partial charge in [0.15, 0.2) is 0 Å². The number of rotatable bonds is 6. The van der Waals surface area contributed by atoms with E-state index in [-0.39, 0.29) is 11.7 Å². The van der Waals surface area contributed by atoms with Crippen LogP contribution in [0.1, 0.15) is 95.4 Å². The van der Waals surface area contributed by atoms with Gasteiger partial charge in [0, 0.05) is 47.4 Å². The van der Waals surface area contributed by atoms with E-state index in [9.17, 15) is 0 Å². The molecule has 6 aromatic carbocycles. The van der Waals surface area contributed by atoms with E-state index in [1.165, 1.54) is 33.4 Å². The molecule has 0 aliphatic carbocycles. The molecule has 6 nitrogen and oxygen atoms in total. The molecule has 0 saturated carbocycles. The van der Waals surface area contributed by atoms with Crippen LogP contribution in [0.2, 0.25) is 0 Å². The first-order chi connectivity index (χ1) is 27.8. The molecule has 0 spiro atoms. The molecule has 0 bridgehead atoms. The van der Waals surface area contributed by atoms with Crippen molar-refractivity contribution in [3.05, 3.63) is 165 Å². The quantitative estimate of drug-likeness (QED) is 0.0586. The van der Waals surface area contributed by atoms with Crippen molar-refractivity contribution in [3.8, 4) is 11.8 Å². The SMILES string of the molecule is CC(C)C1c2cc(/C=C/c3ccc4cc(C(=N)N)ccc4c3)ccc2CCN1C.CC(C)C1c2cc(C#Cc3ccc4cc(C(=N)N)ccc4c3)ccc2CCN1C. The third kappa shape index (κ3) is 8.92. The van der Waals surface area contributed by atoms with E-state index in [0.717, 1.165) is 69.7 Å². The zero-order valence-electron chi connectivity index (χ0n) is 34.7. The lowest BCUT2D eigenvalue weighted by Gasteiger charge is -2.37. The minimum Gasteiger partial charge on any atom is -0.384 e. The first kappa shape index (κ1) is 40.2. The zero-order chi connectivity index (χ0) is 41.1. The van der Waals surface area contributed by atoms with Gasteiger partial charge in [0.25, 0.3) is 0 Å². The Labute approximate surface area is 344 Å². The van der Waals surface area contributed by atoms with Crippen LogP contribution in [0.3, 0.4) is 0 Å². The number of nitrogens with zero attached hydrogens (tertiary/aromatic N) is 2. The Kier molecular flexibility index (Phi) is 12.0. The topological polar surface area (TPSA) is 106 Å². The van der Waals surface area contributed by atoms with Crippen LogP contribution in [0, 0.1) is 34.5 Å². The summed E-state index contributed by atoms with van der Waals surface area (Å²) in [5.41, 5.74) is 23.0. The molecule has 6 heteroatoms. The van der Waals surface area contributed by atoms with Crippen LogP contribution in [-0.4, -0.2) is 48.7 Å². The van der Waals surface area contributed by atoms with Gasteiger partial charge in [0.1, 0.15) is 11.7 Å². The van der Waals surface area contributed by atoms with E-state index in [1.807, 2.05) is 48.5 Å². The van der Waals surface area contributed by atoms with Crippen molar-refractivity contribution < 1.29 is 0 Å². The minimum atomic E-state index is 0.0912. The highest BCUT2D eigenvalue weighted by Gasteiger charge is 2.28. The minimum absolute atomic E-state index is 0.0912. The van der Waals surface area contributed by atoms with E-state index in [0.29, 0.717) is 23.9 Å². The number of nitrogens with one attached hydrogen (secondary N) is 2. The molecular weight excluding hydrogens is 709 g/mol. The Morgan fingerprint density at radius 2 is 0.966 bits per heavy atom. The molecule has 58 heavy (non-hydrogen) atoms. The molecule has 8 rings (SSSR count). The summed E-state index contributed by atoms with van der Waals surface area (Å²) in [7, 11) is 4.46. The van der Waals surface area contributed by atoms with Gasteiger partial charge in [-0.2, -0.15) is 0 Å². The number of fused-ring (bicyclic) bond motifs is 4. The standard InChI is InChI=1S/C26H29N3.C26H27N3/c2*1-17(2)25-24-15-19(6-8-20(24)12-13-29(25)3)5-4-18-7-9-22-16-23(26(27)28)11-10-21(22)14-18/h4-11,14-17,25H,12-13H2,1-3H3,(H3,27,28);6-11,14-17,25H,12-13H2,1-3H3,(H3,27,28)/b5-4+;. The Hall–Kier alpha value is -6.00. The van der Waals surface area contributed by atoms with Crippen LogP contribution < -0.4 is 11.5 Å². The van der Waals surface area contributed by atoms with E-state index in [1.54, 1.807) is 0 Å². The highest BCUT2D eigenvalue weighted by Crippen LogP contribution is 2.36. The Balaban J connectivity index is 0.000000177. The van der Waals surface area contributed by atoms with Gasteiger partial charge in [0.2, 0.25) is 0 Å². The predicted octanol–water partition coefficient (Wildman–Crippen LogP) is 10.2. The lowest BCUT2D eigenvalue weighted by Crippen LogP contribution is -2.35. The molecule has 2 aliphatic rings. The largest absolute Gasteiger partial charge is 0.384 e. The molecular formula is C52H56N6. The second-order valence-corrected chi connectivity index (χ2v) is 16.7. The summed E-state index contributed by atoms with van der Waals surface area (Å²) in [4.78, 5) is 4.95. The molecule has 0 amide bonds. The predicted molar refractivity (Wildman–Crippen MR) is 246 cm³/mol. The summed E-state index contributed by atoms with van der Waals surface area (Å²) in [6, 6.07) is 38.8. The maximum absolute atomic E-state index is 7.60. The van der Waals surface area contributed by atoms with Crippen LogP contribution in [0.5, 0.6) is 0 Å².